The molecule has 0 fully saturated rings. The van der Waals surface area contributed by atoms with Crippen LogP contribution >= 0.6 is 22.9 Å². The number of halogens is 1. The summed E-state index contributed by atoms with van der Waals surface area (Å²) in [6.45, 7) is 1.97. The summed E-state index contributed by atoms with van der Waals surface area (Å²) in [6.07, 6.45) is 3.78. The number of rotatable bonds is 2. The van der Waals surface area contributed by atoms with Crippen LogP contribution in [-0.2, 0) is 0 Å². The largest absolute Gasteiger partial charge is 0.485 e. The van der Waals surface area contributed by atoms with Crippen molar-refractivity contribution in [1.82, 2.24) is 14.6 Å². The summed E-state index contributed by atoms with van der Waals surface area (Å²) < 4.78 is 7.89. The first-order valence-electron chi connectivity index (χ1n) is 8.73. The van der Waals surface area contributed by atoms with Crippen LogP contribution in [0, 0.1) is 0 Å². The van der Waals surface area contributed by atoms with Gasteiger partial charge in [-0.2, -0.15) is 9.50 Å². The summed E-state index contributed by atoms with van der Waals surface area (Å²) in [7, 11) is 0. The normalized spacial score (nSPS) is 16.7. The highest BCUT2D eigenvalue weighted by Gasteiger charge is 2.18. The molecule has 0 radical (unpaired) electrons. The average molecular weight is 408 g/mol. The number of fused-ring (bicyclic) bond motifs is 2. The molecule has 0 amide bonds. The van der Waals surface area contributed by atoms with Crippen LogP contribution in [0.15, 0.2) is 58.9 Å². The molecule has 5 nitrogen and oxygen atoms in total. The lowest BCUT2D eigenvalue weighted by Gasteiger charge is -2.22. The molecule has 0 saturated carbocycles. The summed E-state index contributed by atoms with van der Waals surface area (Å²) >= 11 is 7.24. The van der Waals surface area contributed by atoms with Gasteiger partial charge in [-0.25, -0.2) is 0 Å². The molecule has 28 heavy (non-hydrogen) atoms. The Morgan fingerprint density at radius 2 is 1.96 bits per heavy atom. The quantitative estimate of drug-likeness (QED) is 0.506. The van der Waals surface area contributed by atoms with Crippen LogP contribution in [0.4, 0.5) is 0 Å². The summed E-state index contributed by atoms with van der Waals surface area (Å²) in [4.78, 5) is 17.9. The molecule has 0 aliphatic carbocycles. The van der Waals surface area contributed by atoms with Gasteiger partial charge in [0.25, 0.3) is 5.56 Å². The van der Waals surface area contributed by atoms with Gasteiger partial charge in [-0.15, -0.1) is 5.10 Å². The Kier molecular flexibility index (Phi) is 4.03. The van der Waals surface area contributed by atoms with Crippen molar-refractivity contribution in [2.24, 2.45) is 0 Å². The summed E-state index contributed by atoms with van der Waals surface area (Å²) in [5.41, 5.74) is 2.58. The fourth-order valence-corrected chi connectivity index (χ4v) is 4.16. The number of para-hydroxylation sites is 1. The predicted octanol–water partition coefficient (Wildman–Crippen LogP) is 3.84. The fraction of sp³-hybridized carbons (Fsp3) is 0.0952. The third kappa shape index (κ3) is 2.91. The van der Waals surface area contributed by atoms with Crippen LogP contribution in [0.2, 0.25) is 5.02 Å². The number of hydrogen-bond acceptors (Lipinski definition) is 5. The monoisotopic (exact) mass is 407 g/mol. The lowest BCUT2D eigenvalue weighted by molar-refractivity contribution is 0.259. The van der Waals surface area contributed by atoms with E-state index in [2.05, 4.69) is 16.2 Å². The molecule has 138 valence electrons. The molecule has 1 aliphatic rings. The highest BCUT2D eigenvalue weighted by atomic mass is 35.5. The van der Waals surface area contributed by atoms with E-state index in [1.807, 2.05) is 49.4 Å². The smallest absolute Gasteiger partial charge is 0.291 e. The van der Waals surface area contributed by atoms with Gasteiger partial charge in [0.2, 0.25) is 4.96 Å². The van der Waals surface area contributed by atoms with Crippen molar-refractivity contribution in [2.45, 2.75) is 13.0 Å². The maximum Gasteiger partial charge on any atom is 0.291 e. The molecule has 1 aliphatic heterocycles. The minimum atomic E-state index is -0.181. The van der Waals surface area contributed by atoms with E-state index in [4.69, 9.17) is 16.3 Å². The molecule has 2 aromatic carbocycles. The minimum absolute atomic E-state index is 0.138. The van der Waals surface area contributed by atoms with Crippen LogP contribution in [0.5, 0.6) is 5.75 Å². The van der Waals surface area contributed by atoms with Crippen molar-refractivity contribution < 1.29 is 4.74 Å². The fourth-order valence-electron chi connectivity index (χ4n) is 3.13. The molecule has 0 spiro atoms. The number of benzene rings is 2. The van der Waals surface area contributed by atoms with Gasteiger partial charge in [0, 0.05) is 16.1 Å². The second-order valence-electron chi connectivity index (χ2n) is 6.49. The molecule has 2 aromatic heterocycles. The summed E-state index contributed by atoms with van der Waals surface area (Å²) in [5.74, 6) is 1.36. The number of hydrogen-bond donors (Lipinski definition) is 0. The van der Waals surface area contributed by atoms with E-state index in [1.54, 1.807) is 12.1 Å². The average Bonchev–Trinajstić information content (AvgIpc) is 3.23. The topological polar surface area (TPSA) is 56.5 Å². The SMILES string of the molecule is CC1Oc2ccccc2C=C1/C=c1\sc2nc(-c3ccc(Cl)cc3)nn2c1=O. The Bertz CT molecular complexity index is 1340. The number of aromatic nitrogens is 3. The van der Waals surface area contributed by atoms with Gasteiger partial charge in [-0.05, 0) is 55.0 Å². The van der Waals surface area contributed by atoms with Gasteiger partial charge >= 0.3 is 0 Å². The summed E-state index contributed by atoms with van der Waals surface area (Å²) in [5, 5.41) is 5.01. The molecule has 1 atom stereocenters. The van der Waals surface area contributed by atoms with E-state index in [9.17, 15) is 4.79 Å². The van der Waals surface area contributed by atoms with E-state index in [1.165, 1.54) is 15.9 Å². The molecule has 0 N–H and O–H groups in total. The third-order valence-electron chi connectivity index (χ3n) is 4.60. The minimum Gasteiger partial charge on any atom is -0.485 e. The van der Waals surface area contributed by atoms with Crippen molar-refractivity contribution in [3.8, 4) is 17.1 Å². The molecular weight excluding hydrogens is 394 g/mol. The van der Waals surface area contributed by atoms with Gasteiger partial charge in [-0.3, -0.25) is 4.79 Å². The van der Waals surface area contributed by atoms with Crippen molar-refractivity contribution >= 4 is 40.1 Å². The molecule has 1 unspecified atom stereocenters. The predicted molar refractivity (Wildman–Crippen MR) is 112 cm³/mol. The second-order valence-corrected chi connectivity index (χ2v) is 7.94. The molecule has 4 aromatic rings. The van der Waals surface area contributed by atoms with Crippen LogP contribution in [0.1, 0.15) is 12.5 Å². The summed E-state index contributed by atoms with van der Waals surface area (Å²) in [6, 6.07) is 15.1. The van der Waals surface area contributed by atoms with Gasteiger partial charge in [0.15, 0.2) is 5.82 Å². The van der Waals surface area contributed by atoms with E-state index in [0.717, 1.165) is 22.4 Å². The standard InChI is InChI=1S/C21H14ClN3O2S/c1-12-15(10-14-4-2-3-5-17(14)27-12)11-18-20(26)25-21(28-18)23-19(24-25)13-6-8-16(22)9-7-13/h2-12H,1H3/b18-11-. The Morgan fingerprint density at radius 3 is 2.75 bits per heavy atom. The Hall–Kier alpha value is -2.96. The highest BCUT2D eigenvalue weighted by molar-refractivity contribution is 7.15. The van der Waals surface area contributed by atoms with Crippen molar-refractivity contribution in [2.75, 3.05) is 0 Å². The van der Waals surface area contributed by atoms with Gasteiger partial charge in [0.1, 0.15) is 11.9 Å². The highest BCUT2D eigenvalue weighted by Crippen LogP contribution is 2.29. The van der Waals surface area contributed by atoms with Crippen molar-refractivity contribution in [3.63, 3.8) is 0 Å². The molecule has 0 saturated heterocycles. The first-order valence-corrected chi connectivity index (χ1v) is 9.92. The first kappa shape index (κ1) is 17.2. The third-order valence-corrected chi connectivity index (χ3v) is 5.81. The van der Waals surface area contributed by atoms with Gasteiger partial charge < -0.3 is 4.74 Å². The van der Waals surface area contributed by atoms with Crippen molar-refractivity contribution in [3.05, 3.63) is 79.6 Å². The van der Waals surface area contributed by atoms with Crippen molar-refractivity contribution in [1.29, 1.82) is 0 Å². The Balaban J connectivity index is 1.58. The Labute approximate surface area is 169 Å². The maximum atomic E-state index is 12.8. The zero-order chi connectivity index (χ0) is 19.3. The maximum absolute atomic E-state index is 12.8. The first-order chi connectivity index (χ1) is 13.6. The second kappa shape index (κ2) is 6.58. The molecule has 3 heterocycles. The Morgan fingerprint density at radius 1 is 1.18 bits per heavy atom. The number of ether oxygens (including phenoxy) is 1. The van der Waals surface area contributed by atoms with Crippen LogP contribution in [0.3, 0.4) is 0 Å². The van der Waals surface area contributed by atoms with E-state index >= 15 is 0 Å². The lowest BCUT2D eigenvalue weighted by atomic mass is 10.0. The lowest BCUT2D eigenvalue weighted by Crippen LogP contribution is -2.26. The molecular formula is C21H14ClN3O2S. The number of thiazole rings is 1. The molecule has 5 rings (SSSR count). The number of nitrogens with zero attached hydrogens (tertiary/aromatic N) is 3. The van der Waals surface area contributed by atoms with Crippen LogP contribution in [0.25, 0.3) is 28.5 Å². The van der Waals surface area contributed by atoms with E-state index < -0.39 is 0 Å². The molecule has 0 bridgehead atoms. The van der Waals surface area contributed by atoms with Crippen LogP contribution < -0.4 is 14.8 Å². The zero-order valence-electron chi connectivity index (χ0n) is 14.8. The van der Waals surface area contributed by atoms with Gasteiger partial charge in [-0.1, -0.05) is 41.1 Å². The van der Waals surface area contributed by atoms with E-state index in [-0.39, 0.29) is 11.7 Å². The van der Waals surface area contributed by atoms with Crippen LogP contribution in [-0.4, -0.2) is 20.7 Å². The zero-order valence-corrected chi connectivity index (χ0v) is 16.4. The molecule has 7 heteroatoms. The van der Waals surface area contributed by atoms with E-state index in [0.29, 0.717) is 20.3 Å². The van der Waals surface area contributed by atoms with Gasteiger partial charge in [0.05, 0.1) is 4.53 Å².